The number of nitrogens with one attached hydrogen (secondary N) is 1. The summed E-state index contributed by atoms with van der Waals surface area (Å²) in [5.41, 5.74) is 0. The highest BCUT2D eigenvalue weighted by Crippen LogP contribution is 2.42. The SMILES string of the molecule is CC(NC(=O)c1ccco1)C(=O)N1CC2CCCC2C1C(=O)O. The normalized spacial score (nSPS) is 27.5. The maximum absolute atomic E-state index is 12.6. The molecule has 0 radical (unpaired) electrons. The molecule has 7 heteroatoms. The number of amides is 2. The Morgan fingerprint density at radius 3 is 2.83 bits per heavy atom. The number of carboxylic acid groups (broad SMARTS) is 1. The van der Waals surface area contributed by atoms with E-state index in [9.17, 15) is 19.5 Å². The average molecular weight is 320 g/mol. The fourth-order valence-electron chi connectivity index (χ4n) is 3.83. The molecular formula is C16H20N2O5. The second-order valence-electron chi connectivity index (χ2n) is 6.30. The van der Waals surface area contributed by atoms with Gasteiger partial charge in [0.2, 0.25) is 5.91 Å². The van der Waals surface area contributed by atoms with Crippen molar-refractivity contribution in [3.63, 3.8) is 0 Å². The van der Waals surface area contributed by atoms with Crippen molar-refractivity contribution in [2.24, 2.45) is 11.8 Å². The Hall–Kier alpha value is -2.31. The molecule has 3 rings (SSSR count). The highest BCUT2D eigenvalue weighted by atomic mass is 16.4. The second-order valence-corrected chi connectivity index (χ2v) is 6.30. The molecule has 0 spiro atoms. The van der Waals surface area contributed by atoms with Crippen LogP contribution in [0.4, 0.5) is 0 Å². The van der Waals surface area contributed by atoms with E-state index in [4.69, 9.17) is 4.42 Å². The van der Waals surface area contributed by atoms with E-state index in [0.29, 0.717) is 6.54 Å². The molecule has 2 heterocycles. The zero-order valence-corrected chi connectivity index (χ0v) is 12.9. The number of hydrogen-bond donors (Lipinski definition) is 2. The molecule has 1 aromatic rings. The van der Waals surface area contributed by atoms with Gasteiger partial charge in [-0.2, -0.15) is 0 Å². The van der Waals surface area contributed by atoms with Gasteiger partial charge in [-0.25, -0.2) is 4.79 Å². The molecule has 4 unspecified atom stereocenters. The van der Waals surface area contributed by atoms with E-state index >= 15 is 0 Å². The highest BCUT2D eigenvalue weighted by Gasteiger charge is 2.50. The number of carbonyl (C=O) groups excluding carboxylic acids is 2. The zero-order valence-electron chi connectivity index (χ0n) is 12.9. The molecule has 1 aromatic heterocycles. The minimum absolute atomic E-state index is 0.0319. The highest BCUT2D eigenvalue weighted by molar-refractivity contribution is 5.96. The lowest BCUT2D eigenvalue weighted by molar-refractivity contribution is -0.150. The van der Waals surface area contributed by atoms with E-state index in [0.717, 1.165) is 19.3 Å². The van der Waals surface area contributed by atoms with Gasteiger partial charge in [0.25, 0.3) is 5.91 Å². The number of hydrogen-bond acceptors (Lipinski definition) is 4. The Bertz CT molecular complexity index is 612. The standard InChI is InChI=1S/C16H20N2O5/c1-9(17-14(19)12-6-3-7-23-12)15(20)18-8-10-4-2-5-11(10)13(18)16(21)22/h3,6-7,9-11,13H,2,4-5,8H2,1H3,(H,17,19)(H,21,22). The van der Waals surface area contributed by atoms with Crippen LogP contribution in [0, 0.1) is 11.8 Å². The summed E-state index contributed by atoms with van der Waals surface area (Å²) in [6.07, 6.45) is 4.21. The number of nitrogens with zero attached hydrogens (tertiary/aromatic N) is 1. The van der Waals surface area contributed by atoms with Crippen LogP contribution in [-0.4, -0.2) is 46.4 Å². The molecule has 1 saturated carbocycles. The van der Waals surface area contributed by atoms with Gasteiger partial charge in [-0.1, -0.05) is 6.42 Å². The lowest BCUT2D eigenvalue weighted by atomic mass is 9.94. The molecular weight excluding hydrogens is 300 g/mol. The fourth-order valence-corrected chi connectivity index (χ4v) is 3.83. The fraction of sp³-hybridized carbons (Fsp3) is 0.562. The Balaban J connectivity index is 1.69. The predicted molar refractivity (Wildman–Crippen MR) is 79.6 cm³/mol. The summed E-state index contributed by atoms with van der Waals surface area (Å²) in [5, 5.41) is 12.1. The number of fused-ring (bicyclic) bond motifs is 1. The maximum Gasteiger partial charge on any atom is 0.326 e. The summed E-state index contributed by atoms with van der Waals surface area (Å²) < 4.78 is 4.99. The van der Waals surface area contributed by atoms with Crippen molar-refractivity contribution < 1.29 is 23.9 Å². The van der Waals surface area contributed by atoms with Crippen molar-refractivity contribution in [1.82, 2.24) is 10.2 Å². The van der Waals surface area contributed by atoms with Crippen LogP contribution >= 0.6 is 0 Å². The molecule has 23 heavy (non-hydrogen) atoms. The molecule has 1 saturated heterocycles. The molecule has 2 aliphatic rings. The predicted octanol–water partition coefficient (Wildman–Crippen LogP) is 1.11. The van der Waals surface area contributed by atoms with Crippen LogP contribution in [-0.2, 0) is 9.59 Å². The molecule has 2 fully saturated rings. The summed E-state index contributed by atoms with van der Waals surface area (Å²) >= 11 is 0. The third-order valence-electron chi connectivity index (χ3n) is 4.89. The van der Waals surface area contributed by atoms with Gasteiger partial charge in [-0.15, -0.1) is 0 Å². The summed E-state index contributed by atoms with van der Waals surface area (Å²) in [6.45, 7) is 2.03. The average Bonchev–Trinajstić information content (AvgIpc) is 3.21. The topological polar surface area (TPSA) is 99.9 Å². The molecule has 4 atom stereocenters. The largest absolute Gasteiger partial charge is 0.480 e. The number of carbonyl (C=O) groups is 3. The number of likely N-dealkylation sites (tertiary alicyclic amines) is 1. The first-order chi connectivity index (χ1) is 11.0. The Morgan fingerprint density at radius 1 is 1.39 bits per heavy atom. The van der Waals surface area contributed by atoms with Crippen molar-refractivity contribution in [3.05, 3.63) is 24.2 Å². The first-order valence-corrected chi connectivity index (χ1v) is 7.86. The minimum atomic E-state index is -0.961. The third kappa shape index (κ3) is 2.83. The minimum Gasteiger partial charge on any atom is -0.480 e. The molecule has 2 N–H and O–H groups in total. The van der Waals surface area contributed by atoms with Gasteiger partial charge >= 0.3 is 5.97 Å². The quantitative estimate of drug-likeness (QED) is 0.865. The third-order valence-corrected chi connectivity index (χ3v) is 4.89. The van der Waals surface area contributed by atoms with Crippen molar-refractivity contribution >= 4 is 17.8 Å². The monoisotopic (exact) mass is 320 g/mol. The van der Waals surface area contributed by atoms with Crippen LogP contribution in [0.5, 0.6) is 0 Å². The second kappa shape index (κ2) is 6.06. The van der Waals surface area contributed by atoms with Crippen LogP contribution in [0.25, 0.3) is 0 Å². The van der Waals surface area contributed by atoms with E-state index in [1.165, 1.54) is 17.2 Å². The summed E-state index contributed by atoms with van der Waals surface area (Å²) in [6, 6.07) is 1.52. The van der Waals surface area contributed by atoms with Gasteiger partial charge in [0.1, 0.15) is 12.1 Å². The van der Waals surface area contributed by atoms with Crippen LogP contribution in [0.3, 0.4) is 0 Å². The summed E-state index contributed by atoms with van der Waals surface area (Å²) in [7, 11) is 0. The maximum atomic E-state index is 12.6. The van der Waals surface area contributed by atoms with Gasteiger partial charge in [0.15, 0.2) is 5.76 Å². The summed E-state index contributed by atoms with van der Waals surface area (Å²) in [4.78, 5) is 37.6. The Kier molecular flexibility index (Phi) is 4.11. The lowest BCUT2D eigenvalue weighted by Crippen LogP contribution is -2.51. The van der Waals surface area contributed by atoms with Gasteiger partial charge < -0.3 is 19.7 Å². The number of carboxylic acids is 1. The molecule has 0 aromatic carbocycles. The van der Waals surface area contributed by atoms with Crippen LogP contribution in [0.15, 0.2) is 22.8 Å². The molecule has 124 valence electrons. The van der Waals surface area contributed by atoms with Crippen molar-refractivity contribution in [1.29, 1.82) is 0 Å². The molecule has 0 bridgehead atoms. The van der Waals surface area contributed by atoms with Gasteiger partial charge in [-0.05, 0) is 43.7 Å². The van der Waals surface area contributed by atoms with Gasteiger partial charge in [0, 0.05) is 6.54 Å². The Labute approximate surface area is 133 Å². The summed E-state index contributed by atoms with van der Waals surface area (Å²) in [5.74, 6) is -1.39. The van der Waals surface area contributed by atoms with Crippen LogP contribution in [0.2, 0.25) is 0 Å². The van der Waals surface area contributed by atoms with Gasteiger partial charge in [0.05, 0.1) is 6.26 Å². The Morgan fingerprint density at radius 2 is 2.17 bits per heavy atom. The molecule has 2 amide bonds. The van der Waals surface area contributed by atoms with Crippen molar-refractivity contribution in [2.45, 2.75) is 38.3 Å². The first-order valence-electron chi connectivity index (χ1n) is 7.86. The number of aliphatic carboxylic acids is 1. The smallest absolute Gasteiger partial charge is 0.326 e. The number of furan rings is 1. The van der Waals surface area contributed by atoms with Crippen molar-refractivity contribution in [3.8, 4) is 0 Å². The van der Waals surface area contributed by atoms with Crippen molar-refractivity contribution in [2.75, 3.05) is 6.54 Å². The zero-order chi connectivity index (χ0) is 16.6. The lowest BCUT2D eigenvalue weighted by Gasteiger charge is -2.27. The van der Waals surface area contributed by atoms with Crippen LogP contribution < -0.4 is 5.32 Å². The van der Waals surface area contributed by atoms with Crippen LogP contribution in [0.1, 0.15) is 36.7 Å². The van der Waals surface area contributed by atoms with E-state index in [1.807, 2.05) is 0 Å². The first kappa shape index (κ1) is 15.6. The molecule has 1 aliphatic heterocycles. The van der Waals surface area contributed by atoms with E-state index < -0.39 is 24.0 Å². The van der Waals surface area contributed by atoms with E-state index in [-0.39, 0.29) is 23.5 Å². The van der Waals surface area contributed by atoms with E-state index in [1.54, 1.807) is 13.0 Å². The molecule has 1 aliphatic carbocycles. The van der Waals surface area contributed by atoms with E-state index in [2.05, 4.69) is 5.32 Å². The number of rotatable bonds is 4. The van der Waals surface area contributed by atoms with Gasteiger partial charge in [-0.3, -0.25) is 9.59 Å². The molecule has 7 nitrogen and oxygen atoms in total.